The summed E-state index contributed by atoms with van der Waals surface area (Å²) >= 11 is 0. The van der Waals surface area contributed by atoms with Gasteiger partial charge in [0.1, 0.15) is 0 Å². The Morgan fingerprint density at radius 3 is 2.21 bits per heavy atom. The van der Waals surface area contributed by atoms with Crippen LogP contribution in [0.15, 0.2) is 47.4 Å². The van der Waals surface area contributed by atoms with Crippen molar-refractivity contribution < 1.29 is 22.7 Å². The molecule has 1 N–H and O–H groups in total. The van der Waals surface area contributed by atoms with Crippen LogP contribution in [0.2, 0.25) is 0 Å². The predicted octanol–water partition coefficient (Wildman–Crippen LogP) is 2.82. The Bertz CT molecular complexity index is 994. The lowest BCUT2D eigenvalue weighted by Gasteiger charge is -2.15. The minimum Gasteiger partial charge on any atom is -0.465 e. The molecule has 1 aliphatic rings. The molecule has 2 aromatic rings. The van der Waals surface area contributed by atoms with Crippen LogP contribution in [0.4, 0.5) is 5.69 Å². The summed E-state index contributed by atoms with van der Waals surface area (Å²) in [6.45, 7) is 2.86. The highest BCUT2D eigenvalue weighted by Crippen LogP contribution is 2.22. The molecule has 1 heterocycles. The highest BCUT2D eigenvalue weighted by atomic mass is 32.2. The van der Waals surface area contributed by atoms with Gasteiger partial charge in [-0.2, -0.15) is 4.31 Å². The average Bonchev–Trinajstić information content (AvgIpc) is 3.25. The summed E-state index contributed by atoms with van der Waals surface area (Å²) in [7, 11) is -2.22. The SMILES string of the molecule is COC(=O)c1ccc(C)c(NC(=O)c2ccc(S(=O)(=O)N3CCCC3)cc2)c1. The molecule has 0 radical (unpaired) electrons. The topological polar surface area (TPSA) is 92.8 Å². The summed E-state index contributed by atoms with van der Waals surface area (Å²) in [4.78, 5) is 24.4. The van der Waals surface area contributed by atoms with Gasteiger partial charge in [-0.05, 0) is 61.7 Å². The molecule has 0 aromatic heterocycles. The minimum atomic E-state index is -3.51. The molecular formula is C20H22N2O5S. The number of hydrogen-bond acceptors (Lipinski definition) is 5. The molecular weight excluding hydrogens is 380 g/mol. The van der Waals surface area contributed by atoms with Crippen LogP contribution in [0.25, 0.3) is 0 Å². The number of benzene rings is 2. The number of methoxy groups -OCH3 is 1. The lowest BCUT2D eigenvalue weighted by atomic mass is 10.1. The van der Waals surface area contributed by atoms with Crippen LogP contribution in [-0.4, -0.2) is 44.8 Å². The Labute approximate surface area is 164 Å². The number of carbonyl (C=O) groups is 2. The second kappa shape index (κ2) is 8.12. The van der Waals surface area contributed by atoms with Crippen molar-refractivity contribution >= 4 is 27.6 Å². The number of rotatable bonds is 5. The van der Waals surface area contributed by atoms with Gasteiger partial charge in [-0.25, -0.2) is 13.2 Å². The maximum absolute atomic E-state index is 12.6. The number of anilines is 1. The summed E-state index contributed by atoms with van der Waals surface area (Å²) in [5.41, 5.74) is 1.93. The first-order chi connectivity index (χ1) is 13.3. The molecule has 7 nitrogen and oxygen atoms in total. The van der Waals surface area contributed by atoms with E-state index < -0.39 is 21.9 Å². The average molecular weight is 402 g/mol. The number of aryl methyl sites for hydroxylation is 1. The standard InChI is InChI=1S/C20H22N2O5S/c1-14-5-6-16(20(24)27-2)13-18(14)21-19(23)15-7-9-17(10-8-15)28(25,26)22-11-3-4-12-22/h5-10,13H,3-4,11-12H2,1-2H3,(H,21,23). The predicted molar refractivity (Wildman–Crippen MR) is 105 cm³/mol. The minimum absolute atomic E-state index is 0.176. The second-order valence-electron chi connectivity index (χ2n) is 6.61. The Kier molecular flexibility index (Phi) is 5.81. The first-order valence-corrected chi connectivity index (χ1v) is 10.4. The van der Waals surface area contributed by atoms with Gasteiger partial charge in [-0.15, -0.1) is 0 Å². The van der Waals surface area contributed by atoms with E-state index in [4.69, 9.17) is 4.74 Å². The molecule has 0 atom stereocenters. The normalized spacial score (nSPS) is 14.6. The van der Waals surface area contributed by atoms with Crippen LogP contribution in [0.1, 0.15) is 39.1 Å². The van der Waals surface area contributed by atoms with Crippen molar-refractivity contribution in [2.24, 2.45) is 0 Å². The van der Waals surface area contributed by atoms with E-state index in [0.29, 0.717) is 29.9 Å². The van der Waals surface area contributed by atoms with Crippen molar-refractivity contribution in [3.63, 3.8) is 0 Å². The highest BCUT2D eigenvalue weighted by molar-refractivity contribution is 7.89. The van der Waals surface area contributed by atoms with Crippen LogP contribution in [0.3, 0.4) is 0 Å². The Hall–Kier alpha value is -2.71. The number of ether oxygens (including phenoxy) is 1. The van der Waals surface area contributed by atoms with E-state index in [0.717, 1.165) is 18.4 Å². The number of esters is 1. The van der Waals surface area contributed by atoms with E-state index in [1.165, 1.54) is 35.7 Å². The molecule has 1 saturated heterocycles. The first-order valence-electron chi connectivity index (χ1n) is 8.93. The fourth-order valence-electron chi connectivity index (χ4n) is 3.05. The zero-order chi connectivity index (χ0) is 20.3. The molecule has 2 aromatic carbocycles. The Morgan fingerprint density at radius 2 is 1.61 bits per heavy atom. The third-order valence-corrected chi connectivity index (χ3v) is 6.64. The van der Waals surface area contributed by atoms with Gasteiger partial charge in [0.05, 0.1) is 17.6 Å². The molecule has 0 saturated carbocycles. The number of carbonyl (C=O) groups excluding carboxylic acids is 2. The Morgan fingerprint density at radius 1 is 1.00 bits per heavy atom. The molecule has 28 heavy (non-hydrogen) atoms. The van der Waals surface area contributed by atoms with Crippen LogP contribution in [-0.2, 0) is 14.8 Å². The fourth-order valence-corrected chi connectivity index (χ4v) is 4.57. The third kappa shape index (κ3) is 4.07. The monoisotopic (exact) mass is 402 g/mol. The maximum Gasteiger partial charge on any atom is 0.337 e. The van der Waals surface area contributed by atoms with Crippen molar-refractivity contribution in [1.29, 1.82) is 0 Å². The van der Waals surface area contributed by atoms with E-state index in [1.54, 1.807) is 18.2 Å². The summed E-state index contributed by atoms with van der Waals surface area (Å²) < 4.78 is 31.3. The van der Waals surface area contributed by atoms with E-state index >= 15 is 0 Å². The van der Waals surface area contributed by atoms with Crippen LogP contribution < -0.4 is 5.32 Å². The van der Waals surface area contributed by atoms with Crippen molar-refractivity contribution in [2.75, 3.05) is 25.5 Å². The van der Waals surface area contributed by atoms with Gasteiger partial charge in [-0.1, -0.05) is 6.07 Å². The quantitative estimate of drug-likeness (QED) is 0.777. The van der Waals surface area contributed by atoms with Crippen LogP contribution in [0, 0.1) is 6.92 Å². The van der Waals surface area contributed by atoms with E-state index in [-0.39, 0.29) is 4.90 Å². The van der Waals surface area contributed by atoms with Gasteiger partial charge < -0.3 is 10.1 Å². The van der Waals surface area contributed by atoms with Crippen molar-refractivity contribution in [1.82, 2.24) is 4.31 Å². The Balaban J connectivity index is 1.78. The number of sulfonamides is 1. The van der Waals surface area contributed by atoms with Crippen LogP contribution in [0.5, 0.6) is 0 Å². The molecule has 1 aliphatic heterocycles. The summed E-state index contributed by atoms with van der Waals surface area (Å²) in [6.07, 6.45) is 1.73. The van der Waals surface area contributed by atoms with E-state index in [1.807, 2.05) is 6.92 Å². The van der Waals surface area contributed by atoms with Crippen LogP contribution >= 0.6 is 0 Å². The molecule has 8 heteroatoms. The number of hydrogen-bond donors (Lipinski definition) is 1. The number of nitrogens with one attached hydrogen (secondary N) is 1. The zero-order valence-electron chi connectivity index (χ0n) is 15.8. The molecule has 0 aliphatic carbocycles. The molecule has 3 rings (SSSR count). The van der Waals surface area contributed by atoms with Crippen molar-refractivity contribution in [2.45, 2.75) is 24.7 Å². The third-order valence-electron chi connectivity index (χ3n) is 4.73. The number of amides is 1. The smallest absolute Gasteiger partial charge is 0.337 e. The van der Waals surface area contributed by atoms with Gasteiger partial charge in [0.2, 0.25) is 10.0 Å². The van der Waals surface area contributed by atoms with Gasteiger partial charge in [0.25, 0.3) is 5.91 Å². The highest BCUT2D eigenvalue weighted by Gasteiger charge is 2.27. The molecule has 1 amide bonds. The molecule has 0 spiro atoms. The lowest BCUT2D eigenvalue weighted by Crippen LogP contribution is -2.27. The summed E-state index contributed by atoms with van der Waals surface area (Å²) in [6, 6.07) is 10.7. The summed E-state index contributed by atoms with van der Waals surface area (Å²) in [5.74, 6) is -0.887. The second-order valence-corrected chi connectivity index (χ2v) is 8.55. The zero-order valence-corrected chi connectivity index (χ0v) is 16.6. The van der Waals surface area contributed by atoms with E-state index in [2.05, 4.69) is 5.32 Å². The molecule has 0 unspecified atom stereocenters. The molecule has 0 bridgehead atoms. The van der Waals surface area contributed by atoms with Crippen molar-refractivity contribution in [3.8, 4) is 0 Å². The summed E-state index contributed by atoms with van der Waals surface area (Å²) in [5, 5.41) is 2.75. The molecule has 1 fully saturated rings. The van der Waals surface area contributed by atoms with Crippen molar-refractivity contribution in [3.05, 3.63) is 59.2 Å². The lowest BCUT2D eigenvalue weighted by molar-refractivity contribution is 0.0600. The van der Waals surface area contributed by atoms with Gasteiger partial charge in [0.15, 0.2) is 0 Å². The van der Waals surface area contributed by atoms with Gasteiger partial charge in [-0.3, -0.25) is 4.79 Å². The largest absolute Gasteiger partial charge is 0.465 e. The fraction of sp³-hybridized carbons (Fsp3) is 0.300. The van der Waals surface area contributed by atoms with E-state index in [9.17, 15) is 18.0 Å². The van der Waals surface area contributed by atoms with Gasteiger partial charge >= 0.3 is 5.97 Å². The molecule has 148 valence electrons. The van der Waals surface area contributed by atoms with Gasteiger partial charge in [0, 0.05) is 24.3 Å². The maximum atomic E-state index is 12.6. The first kappa shape index (κ1) is 20.0. The number of nitrogens with zero attached hydrogens (tertiary/aromatic N) is 1.